The number of epoxide rings is 1. The van der Waals surface area contributed by atoms with Crippen LogP contribution in [0.1, 0.15) is 33.6 Å². The van der Waals surface area contributed by atoms with Crippen LogP contribution in [0.5, 0.6) is 0 Å². The van der Waals surface area contributed by atoms with E-state index in [1.165, 1.54) is 0 Å². The molecule has 0 aromatic heterocycles. The summed E-state index contributed by atoms with van der Waals surface area (Å²) in [6, 6.07) is 0. The number of likely N-dealkylation sites (tertiary alicyclic amines) is 1. The molecule has 0 radical (unpaired) electrons. The first-order valence-corrected chi connectivity index (χ1v) is 5.96. The summed E-state index contributed by atoms with van der Waals surface area (Å²) in [5, 5.41) is 0. The fourth-order valence-corrected chi connectivity index (χ4v) is 2.34. The first-order valence-electron chi connectivity index (χ1n) is 5.96. The Morgan fingerprint density at radius 2 is 2.00 bits per heavy atom. The fourth-order valence-electron chi connectivity index (χ4n) is 2.34. The Kier molecular flexibility index (Phi) is 2.86. The van der Waals surface area contributed by atoms with Crippen LogP contribution in [0.2, 0.25) is 0 Å². The van der Waals surface area contributed by atoms with Crippen molar-refractivity contribution in [1.82, 2.24) is 4.90 Å². The number of nitrogens with zero attached hydrogens (tertiary/aromatic N) is 1. The van der Waals surface area contributed by atoms with E-state index < -0.39 is 0 Å². The maximum absolute atomic E-state index is 11.6. The zero-order valence-corrected chi connectivity index (χ0v) is 9.95. The number of Topliss-reactive ketones (excluding diaryl/α,β-unsaturated/α-hetero) is 1. The number of hydrogen-bond donors (Lipinski definition) is 0. The summed E-state index contributed by atoms with van der Waals surface area (Å²) < 4.78 is 5.63. The number of rotatable bonds is 3. The molecule has 15 heavy (non-hydrogen) atoms. The maximum Gasteiger partial charge on any atom is 0.149 e. The van der Waals surface area contributed by atoms with Gasteiger partial charge in [0.25, 0.3) is 0 Å². The molecule has 0 N–H and O–H groups in total. The van der Waals surface area contributed by atoms with Crippen LogP contribution in [0.4, 0.5) is 0 Å². The molecular formula is C12H21NO2. The van der Waals surface area contributed by atoms with Crippen molar-refractivity contribution in [3.8, 4) is 0 Å². The van der Waals surface area contributed by atoms with Crippen molar-refractivity contribution in [2.24, 2.45) is 5.92 Å². The Labute approximate surface area is 91.8 Å². The van der Waals surface area contributed by atoms with Gasteiger partial charge >= 0.3 is 0 Å². The second-order valence-corrected chi connectivity index (χ2v) is 5.22. The SMILES string of the molecule is CC(C)C(=O)CN1CCC2(CC1)OC2C. The fraction of sp³-hybridized carbons (Fsp3) is 0.917. The van der Waals surface area contributed by atoms with Crippen LogP contribution in [0, 0.1) is 5.92 Å². The highest BCUT2D eigenvalue weighted by Crippen LogP contribution is 2.44. The molecule has 0 aromatic rings. The van der Waals surface area contributed by atoms with Crippen LogP contribution in [0.3, 0.4) is 0 Å². The Morgan fingerprint density at radius 1 is 1.47 bits per heavy atom. The molecule has 86 valence electrons. The first kappa shape index (κ1) is 11.1. The largest absolute Gasteiger partial charge is 0.366 e. The maximum atomic E-state index is 11.6. The molecule has 2 aliphatic heterocycles. The van der Waals surface area contributed by atoms with Gasteiger partial charge in [-0.15, -0.1) is 0 Å². The molecule has 0 aliphatic carbocycles. The van der Waals surface area contributed by atoms with Crippen molar-refractivity contribution in [3.05, 3.63) is 0 Å². The van der Waals surface area contributed by atoms with Gasteiger partial charge in [0.2, 0.25) is 0 Å². The molecule has 2 fully saturated rings. The standard InChI is InChI=1S/C12H21NO2/c1-9(2)11(14)8-13-6-4-12(5-7-13)10(3)15-12/h9-10H,4-8H2,1-3H3. The molecule has 0 amide bonds. The van der Waals surface area contributed by atoms with Gasteiger partial charge in [0.1, 0.15) is 5.78 Å². The van der Waals surface area contributed by atoms with E-state index in [0.29, 0.717) is 18.4 Å². The van der Waals surface area contributed by atoms with Gasteiger partial charge in [-0.1, -0.05) is 13.8 Å². The summed E-state index contributed by atoms with van der Waals surface area (Å²) in [5.74, 6) is 0.521. The van der Waals surface area contributed by atoms with Crippen molar-refractivity contribution in [2.75, 3.05) is 19.6 Å². The van der Waals surface area contributed by atoms with E-state index in [4.69, 9.17) is 4.74 Å². The molecule has 3 heteroatoms. The highest BCUT2D eigenvalue weighted by Gasteiger charge is 2.54. The van der Waals surface area contributed by atoms with E-state index in [2.05, 4.69) is 11.8 Å². The Bertz CT molecular complexity index is 254. The molecule has 0 saturated carbocycles. The highest BCUT2D eigenvalue weighted by atomic mass is 16.6. The van der Waals surface area contributed by atoms with Gasteiger partial charge in [-0.05, 0) is 19.8 Å². The minimum atomic E-state index is 0.164. The minimum absolute atomic E-state index is 0.164. The molecule has 3 nitrogen and oxygen atoms in total. The van der Waals surface area contributed by atoms with Crippen LogP contribution < -0.4 is 0 Å². The smallest absolute Gasteiger partial charge is 0.149 e. The Hall–Kier alpha value is -0.410. The van der Waals surface area contributed by atoms with Crippen molar-refractivity contribution in [3.63, 3.8) is 0 Å². The molecule has 1 spiro atoms. The number of piperidine rings is 1. The Balaban J connectivity index is 1.77. The molecule has 1 atom stereocenters. The summed E-state index contributed by atoms with van der Waals surface area (Å²) in [6.07, 6.45) is 2.64. The zero-order chi connectivity index (χ0) is 11.1. The molecular weight excluding hydrogens is 190 g/mol. The summed E-state index contributed by atoms with van der Waals surface area (Å²) in [6.45, 7) is 8.75. The van der Waals surface area contributed by atoms with Crippen LogP contribution in [-0.2, 0) is 9.53 Å². The minimum Gasteiger partial charge on any atom is -0.366 e. The number of hydrogen-bond acceptors (Lipinski definition) is 3. The van der Waals surface area contributed by atoms with Crippen LogP contribution in [0.25, 0.3) is 0 Å². The van der Waals surface area contributed by atoms with Crippen molar-refractivity contribution in [2.45, 2.75) is 45.3 Å². The van der Waals surface area contributed by atoms with Crippen molar-refractivity contribution in [1.29, 1.82) is 0 Å². The third-order valence-corrected chi connectivity index (χ3v) is 3.82. The van der Waals surface area contributed by atoms with Crippen molar-refractivity contribution < 1.29 is 9.53 Å². The average Bonchev–Trinajstić information content (AvgIpc) is 2.81. The molecule has 2 saturated heterocycles. The van der Waals surface area contributed by atoms with E-state index >= 15 is 0 Å². The number of carbonyl (C=O) groups is 1. The van der Waals surface area contributed by atoms with Crippen LogP contribution in [-0.4, -0.2) is 42.0 Å². The molecule has 0 bridgehead atoms. The predicted octanol–water partition coefficient (Wildman–Crippen LogP) is 1.46. The lowest BCUT2D eigenvalue weighted by Crippen LogP contribution is -2.41. The number of carbonyl (C=O) groups excluding carboxylic acids is 1. The molecule has 2 aliphatic rings. The van der Waals surface area contributed by atoms with Gasteiger partial charge < -0.3 is 4.74 Å². The average molecular weight is 211 g/mol. The van der Waals surface area contributed by atoms with Gasteiger partial charge in [0, 0.05) is 19.0 Å². The van der Waals surface area contributed by atoms with E-state index in [1.54, 1.807) is 0 Å². The Morgan fingerprint density at radius 3 is 2.40 bits per heavy atom. The van der Waals surface area contributed by atoms with Crippen LogP contribution >= 0.6 is 0 Å². The summed E-state index contributed by atoms with van der Waals surface area (Å²) in [7, 11) is 0. The topological polar surface area (TPSA) is 32.8 Å². The number of ketones is 1. The van der Waals surface area contributed by atoms with Gasteiger partial charge in [0.05, 0.1) is 18.2 Å². The molecule has 0 aromatic carbocycles. The lowest BCUT2D eigenvalue weighted by atomic mass is 9.93. The first-order chi connectivity index (χ1) is 7.03. The molecule has 2 heterocycles. The van der Waals surface area contributed by atoms with Gasteiger partial charge in [-0.3, -0.25) is 9.69 Å². The second-order valence-electron chi connectivity index (χ2n) is 5.22. The molecule has 1 unspecified atom stereocenters. The summed E-state index contributed by atoms with van der Waals surface area (Å²) >= 11 is 0. The monoisotopic (exact) mass is 211 g/mol. The van der Waals surface area contributed by atoms with Gasteiger partial charge in [-0.25, -0.2) is 0 Å². The lowest BCUT2D eigenvalue weighted by Gasteiger charge is -2.30. The predicted molar refractivity (Wildman–Crippen MR) is 58.8 cm³/mol. The third-order valence-electron chi connectivity index (χ3n) is 3.82. The van der Waals surface area contributed by atoms with Gasteiger partial charge in [-0.2, -0.15) is 0 Å². The van der Waals surface area contributed by atoms with Crippen molar-refractivity contribution >= 4 is 5.78 Å². The quantitative estimate of drug-likeness (QED) is 0.663. The number of ether oxygens (including phenoxy) is 1. The third kappa shape index (κ3) is 2.23. The summed E-state index contributed by atoms with van der Waals surface area (Å²) in [4.78, 5) is 13.8. The molecule has 2 rings (SSSR count). The van der Waals surface area contributed by atoms with Crippen LogP contribution in [0.15, 0.2) is 0 Å². The van der Waals surface area contributed by atoms with E-state index in [9.17, 15) is 4.79 Å². The lowest BCUT2D eigenvalue weighted by molar-refractivity contribution is -0.123. The second kappa shape index (κ2) is 3.87. The highest BCUT2D eigenvalue weighted by molar-refractivity contribution is 5.82. The van der Waals surface area contributed by atoms with Gasteiger partial charge in [0.15, 0.2) is 0 Å². The normalized spacial score (nSPS) is 29.7. The zero-order valence-electron chi connectivity index (χ0n) is 9.95. The van der Waals surface area contributed by atoms with E-state index in [-0.39, 0.29) is 11.5 Å². The van der Waals surface area contributed by atoms with E-state index in [1.807, 2.05) is 13.8 Å². The summed E-state index contributed by atoms with van der Waals surface area (Å²) in [5.41, 5.74) is 0.192. The van der Waals surface area contributed by atoms with E-state index in [0.717, 1.165) is 25.9 Å².